The molecule has 33 heavy (non-hydrogen) atoms. The Morgan fingerprint density at radius 1 is 1.12 bits per heavy atom. The first-order valence-corrected chi connectivity index (χ1v) is 11.9. The number of nitrogens with zero attached hydrogens (tertiary/aromatic N) is 3. The molecule has 2 fully saturated rings. The number of nitrogens with one attached hydrogen (secondary N) is 2. The number of carbonyl (C=O) groups excluding carboxylic acids is 1. The van der Waals surface area contributed by atoms with E-state index in [0.717, 1.165) is 57.3 Å². The Morgan fingerprint density at radius 2 is 1.94 bits per heavy atom. The fourth-order valence-corrected chi connectivity index (χ4v) is 4.67. The van der Waals surface area contributed by atoms with Crippen molar-refractivity contribution in [3.63, 3.8) is 0 Å². The van der Waals surface area contributed by atoms with Gasteiger partial charge in [0.05, 0.1) is 18.8 Å². The van der Waals surface area contributed by atoms with Crippen LogP contribution in [0.4, 0.5) is 0 Å². The van der Waals surface area contributed by atoms with Crippen molar-refractivity contribution < 1.29 is 9.53 Å². The summed E-state index contributed by atoms with van der Waals surface area (Å²) >= 11 is 0. The Kier molecular flexibility index (Phi) is 7.96. The van der Waals surface area contributed by atoms with E-state index >= 15 is 0 Å². The number of hydrogen-bond acceptors (Lipinski definition) is 4. The summed E-state index contributed by atoms with van der Waals surface area (Å²) in [4.78, 5) is 21.7. The number of rotatable bonds is 7. The van der Waals surface area contributed by atoms with Crippen LogP contribution in [0.15, 0.2) is 59.6 Å². The number of fused-ring (bicyclic) bond motifs is 1. The predicted octanol–water partition coefficient (Wildman–Crippen LogP) is 2.14. The number of aliphatic imine (C=N–C) groups is 1. The number of carbonyl (C=O) groups is 1. The van der Waals surface area contributed by atoms with Gasteiger partial charge in [0.2, 0.25) is 0 Å². The molecule has 2 aliphatic rings. The van der Waals surface area contributed by atoms with Gasteiger partial charge >= 0.3 is 0 Å². The molecule has 7 nitrogen and oxygen atoms in total. The lowest BCUT2D eigenvalue weighted by Gasteiger charge is -2.36. The fraction of sp³-hybridized carbons (Fsp3) is 0.462. The molecule has 7 heteroatoms. The van der Waals surface area contributed by atoms with Crippen molar-refractivity contribution in [2.75, 3.05) is 46.4 Å². The van der Waals surface area contributed by atoms with Gasteiger partial charge < -0.3 is 20.3 Å². The normalized spacial score (nSPS) is 21.0. The molecule has 1 amide bonds. The molecule has 2 aromatic rings. The maximum Gasteiger partial charge on any atom is 0.251 e. The molecule has 0 spiro atoms. The summed E-state index contributed by atoms with van der Waals surface area (Å²) in [5.74, 6) is 0.881. The monoisotopic (exact) mass is 449 g/mol. The van der Waals surface area contributed by atoms with Crippen LogP contribution < -0.4 is 10.6 Å². The summed E-state index contributed by atoms with van der Waals surface area (Å²) in [6.45, 7) is 8.05. The molecule has 0 saturated carbocycles. The van der Waals surface area contributed by atoms with Crippen LogP contribution in [-0.2, 0) is 17.7 Å². The number of benzene rings is 2. The highest BCUT2D eigenvalue weighted by atomic mass is 16.5. The van der Waals surface area contributed by atoms with E-state index in [4.69, 9.17) is 9.73 Å². The van der Waals surface area contributed by atoms with Gasteiger partial charge in [-0.05, 0) is 36.6 Å². The number of guanidine groups is 1. The molecule has 0 aromatic heterocycles. The van der Waals surface area contributed by atoms with E-state index in [2.05, 4.69) is 63.8 Å². The zero-order valence-corrected chi connectivity index (χ0v) is 19.7. The summed E-state index contributed by atoms with van der Waals surface area (Å²) in [7, 11) is 1.65. The highest BCUT2D eigenvalue weighted by Crippen LogP contribution is 2.24. The van der Waals surface area contributed by atoms with Crippen molar-refractivity contribution in [1.29, 1.82) is 0 Å². The van der Waals surface area contributed by atoms with Crippen molar-refractivity contribution in [1.82, 2.24) is 20.4 Å². The molecule has 176 valence electrons. The standard InChI is InChI=1S/C26H35N5O2/c1-3-28-26(29-13-12-20-10-7-11-22(16-20)25(32)27-2)31-18-23-24(19-31)33-15-14-30(23)17-21-8-5-4-6-9-21/h4-11,16,23-24H,3,12-15,17-19H2,1-2H3,(H,27,32)(H,28,29). The van der Waals surface area contributed by atoms with E-state index in [-0.39, 0.29) is 12.0 Å². The summed E-state index contributed by atoms with van der Waals surface area (Å²) in [6.07, 6.45) is 0.993. The Bertz CT molecular complexity index is 949. The molecule has 0 aliphatic carbocycles. The first-order valence-electron chi connectivity index (χ1n) is 11.9. The van der Waals surface area contributed by atoms with E-state index in [1.54, 1.807) is 7.05 Å². The zero-order valence-electron chi connectivity index (χ0n) is 19.7. The van der Waals surface area contributed by atoms with Gasteiger partial charge in [0.1, 0.15) is 0 Å². The van der Waals surface area contributed by atoms with Crippen molar-refractivity contribution in [3.05, 3.63) is 71.3 Å². The molecule has 0 bridgehead atoms. The fourth-order valence-electron chi connectivity index (χ4n) is 4.67. The van der Waals surface area contributed by atoms with Crippen LogP contribution >= 0.6 is 0 Å². The van der Waals surface area contributed by atoms with Crippen molar-refractivity contribution in [3.8, 4) is 0 Å². The minimum absolute atomic E-state index is 0.0616. The SMILES string of the molecule is CCNC(=NCCc1cccc(C(=O)NC)c1)N1CC2OCCN(Cc3ccccc3)C2C1. The van der Waals surface area contributed by atoms with E-state index < -0.39 is 0 Å². The number of likely N-dealkylation sites (tertiary alicyclic amines) is 1. The number of ether oxygens (including phenoxy) is 1. The number of morpholine rings is 1. The lowest BCUT2D eigenvalue weighted by atomic mass is 10.1. The third kappa shape index (κ3) is 5.92. The molecular formula is C26H35N5O2. The molecule has 2 N–H and O–H groups in total. The lowest BCUT2D eigenvalue weighted by Crippen LogP contribution is -2.50. The first kappa shape index (κ1) is 23.3. The third-order valence-electron chi connectivity index (χ3n) is 6.36. The molecule has 4 rings (SSSR count). The minimum Gasteiger partial charge on any atom is -0.373 e. The maximum absolute atomic E-state index is 11.9. The van der Waals surface area contributed by atoms with Crippen LogP contribution in [0, 0.1) is 0 Å². The summed E-state index contributed by atoms with van der Waals surface area (Å²) in [5, 5.41) is 6.14. The van der Waals surface area contributed by atoms with Crippen molar-refractivity contribution >= 4 is 11.9 Å². The van der Waals surface area contributed by atoms with E-state index in [9.17, 15) is 4.79 Å². The Hall–Kier alpha value is -2.90. The topological polar surface area (TPSA) is 69.2 Å². The zero-order chi connectivity index (χ0) is 23.0. The van der Waals surface area contributed by atoms with Crippen LogP contribution in [-0.4, -0.2) is 80.2 Å². The second kappa shape index (κ2) is 11.3. The molecule has 2 aliphatic heterocycles. The van der Waals surface area contributed by atoms with Gasteiger partial charge in [-0.25, -0.2) is 0 Å². The number of amides is 1. The van der Waals surface area contributed by atoms with E-state index in [1.807, 2.05) is 18.2 Å². The Balaban J connectivity index is 1.39. The van der Waals surface area contributed by atoms with Crippen LogP contribution in [0.5, 0.6) is 0 Å². The number of hydrogen-bond donors (Lipinski definition) is 2. The summed E-state index contributed by atoms with van der Waals surface area (Å²) in [6, 6.07) is 18.8. The van der Waals surface area contributed by atoms with Crippen LogP contribution in [0.2, 0.25) is 0 Å². The van der Waals surface area contributed by atoms with Gasteiger partial charge in [0.15, 0.2) is 5.96 Å². The van der Waals surface area contributed by atoms with Gasteiger partial charge in [-0.15, -0.1) is 0 Å². The predicted molar refractivity (Wildman–Crippen MR) is 131 cm³/mol. The summed E-state index contributed by atoms with van der Waals surface area (Å²) in [5.41, 5.74) is 3.14. The molecule has 0 radical (unpaired) electrons. The van der Waals surface area contributed by atoms with Crippen molar-refractivity contribution in [2.45, 2.75) is 32.0 Å². The molecule has 2 aromatic carbocycles. The second-order valence-corrected chi connectivity index (χ2v) is 8.60. The molecule has 2 saturated heterocycles. The van der Waals surface area contributed by atoms with Crippen LogP contribution in [0.3, 0.4) is 0 Å². The highest BCUT2D eigenvalue weighted by molar-refractivity contribution is 5.94. The smallest absolute Gasteiger partial charge is 0.251 e. The Morgan fingerprint density at radius 3 is 2.73 bits per heavy atom. The quantitative estimate of drug-likeness (QED) is 0.501. The van der Waals surface area contributed by atoms with Crippen LogP contribution in [0.1, 0.15) is 28.4 Å². The average molecular weight is 450 g/mol. The van der Waals surface area contributed by atoms with Gasteiger partial charge in [-0.1, -0.05) is 42.5 Å². The maximum atomic E-state index is 11.9. The minimum atomic E-state index is -0.0616. The molecular weight excluding hydrogens is 414 g/mol. The first-order chi connectivity index (χ1) is 16.2. The molecule has 2 atom stereocenters. The van der Waals surface area contributed by atoms with Gasteiger partial charge in [0.25, 0.3) is 5.91 Å². The highest BCUT2D eigenvalue weighted by Gasteiger charge is 2.41. The van der Waals surface area contributed by atoms with Crippen LogP contribution in [0.25, 0.3) is 0 Å². The van der Waals surface area contributed by atoms with E-state index in [0.29, 0.717) is 18.2 Å². The molecule has 2 heterocycles. The molecule has 2 unspecified atom stereocenters. The van der Waals surface area contributed by atoms with Gasteiger partial charge in [0, 0.05) is 51.9 Å². The average Bonchev–Trinajstić information content (AvgIpc) is 3.29. The lowest BCUT2D eigenvalue weighted by molar-refractivity contribution is -0.0502. The summed E-state index contributed by atoms with van der Waals surface area (Å²) < 4.78 is 6.14. The van der Waals surface area contributed by atoms with E-state index in [1.165, 1.54) is 5.56 Å². The van der Waals surface area contributed by atoms with Crippen molar-refractivity contribution in [2.24, 2.45) is 4.99 Å². The van der Waals surface area contributed by atoms with Gasteiger partial charge in [-0.2, -0.15) is 0 Å². The second-order valence-electron chi connectivity index (χ2n) is 8.60. The Labute approximate surface area is 196 Å². The third-order valence-corrected chi connectivity index (χ3v) is 6.36. The van der Waals surface area contributed by atoms with Gasteiger partial charge in [-0.3, -0.25) is 14.7 Å². The largest absolute Gasteiger partial charge is 0.373 e.